The molecule has 33 heavy (non-hydrogen) atoms. The number of hydrogen-bond acceptors (Lipinski definition) is 6. The lowest BCUT2D eigenvalue weighted by molar-refractivity contribution is 0.0950. The quantitative estimate of drug-likeness (QED) is 0.281. The largest absolute Gasteiger partial charge is 0.504 e. The number of nitrogens with one attached hydrogen (secondary N) is 2. The average molecular weight is 442 g/mol. The lowest BCUT2D eigenvalue weighted by atomic mass is 10.1. The SMILES string of the molecule is COc1cccc(C=NNC(=O)c2cc(-c3ccc(OCc4ccccc4)cc3)n[nH]2)c1O. The lowest BCUT2D eigenvalue weighted by Gasteiger charge is -2.06. The van der Waals surface area contributed by atoms with Crippen LogP contribution in [0.3, 0.4) is 0 Å². The molecule has 8 heteroatoms. The number of aromatic hydroxyl groups is 1. The van der Waals surface area contributed by atoms with Gasteiger partial charge in [-0.25, -0.2) is 5.43 Å². The molecule has 0 saturated heterocycles. The van der Waals surface area contributed by atoms with Crippen LogP contribution in [0, 0.1) is 0 Å². The van der Waals surface area contributed by atoms with Crippen molar-refractivity contribution in [2.45, 2.75) is 6.61 Å². The third kappa shape index (κ3) is 5.37. The number of H-pyrrole nitrogens is 1. The highest BCUT2D eigenvalue weighted by atomic mass is 16.5. The van der Waals surface area contributed by atoms with Crippen molar-refractivity contribution in [2.75, 3.05) is 7.11 Å². The van der Waals surface area contributed by atoms with E-state index in [1.807, 2.05) is 54.6 Å². The predicted octanol–water partition coefficient (Wildman–Crippen LogP) is 4.13. The number of aromatic nitrogens is 2. The number of hydrazone groups is 1. The molecule has 0 unspecified atom stereocenters. The van der Waals surface area contributed by atoms with Crippen LogP contribution in [0.5, 0.6) is 17.2 Å². The summed E-state index contributed by atoms with van der Waals surface area (Å²) in [6, 6.07) is 24.0. The zero-order valence-electron chi connectivity index (χ0n) is 17.9. The Bertz CT molecular complexity index is 1250. The summed E-state index contributed by atoms with van der Waals surface area (Å²) < 4.78 is 10.8. The molecule has 3 aromatic carbocycles. The number of methoxy groups -OCH3 is 1. The Morgan fingerprint density at radius 1 is 1.09 bits per heavy atom. The van der Waals surface area contributed by atoms with E-state index in [0.717, 1.165) is 16.9 Å². The van der Waals surface area contributed by atoms with E-state index in [0.29, 0.717) is 23.6 Å². The summed E-state index contributed by atoms with van der Waals surface area (Å²) in [5, 5.41) is 20.9. The number of aromatic amines is 1. The number of rotatable bonds is 8. The third-order valence-corrected chi connectivity index (χ3v) is 4.84. The normalized spacial score (nSPS) is 10.8. The van der Waals surface area contributed by atoms with Gasteiger partial charge in [0, 0.05) is 11.1 Å². The van der Waals surface area contributed by atoms with Crippen LogP contribution in [0.25, 0.3) is 11.3 Å². The standard InChI is InChI=1S/C25H22N4O4/c1-32-23-9-5-8-19(24(23)30)15-26-29-25(31)22-14-21(27-28-22)18-10-12-20(13-11-18)33-16-17-6-3-2-4-7-17/h2-15,30H,16H2,1H3,(H,27,28)(H,29,31). The van der Waals surface area contributed by atoms with Crippen molar-refractivity contribution in [1.29, 1.82) is 0 Å². The maximum absolute atomic E-state index is 12.4. The molecular weight excluding hydrogens is 420 g/mol. The summed E-state index contributed by atoms with van der Waals surface area (Å²) >= 11 is 0. The minimum Gasteiger partial charge on any atom is -0.504 e. The first-order valence-electron chi connectivity index (χ1n) is 10.2. The molecule has 3 N–H and O–H groups in total. The van der Waals surface area contributed by atoms with Crippen molar-refractivity contribution in [3.63, 3.8) is 0 Å². The summed E-state index contributed by atoms with van der Waals surface area (Å²) in [7, 11) is 1.46. The number of benzene rings is 3. The number of nitrogens with zero attached hydrogens (tertiary/aromatic N) is 2. The number of phenolic OH excluding ortho intramolecular Hbond substituents is 1. The molecule has 0 aliphatic rings. The monoisotopic (exact) mass is 442 g/mol. The van der Waals surface area contributed by atoms with Gasteiger partial charge in [-0.05, 0) is 48.0 Å². The van der Waals surface area contributed by atoms with Crippen LogP contribution >= 0.6 is 0 Å². The van der Waals surface area contributed by atoms with Crippen molar-refractivity contribution in [3.05, 3.63) is 95.7 Å². The van der Waals surface area contributed by atoms with E-state index >= 15 is 0 Å². The van der Waals surface area contributed by atoms with E-state index in [1.165, 1.54) is 13.3 Å². The summed E-state index contributed by atoms with van der Waals surface area (Å²) in [6.07, 6.45) is 1.33. The highest BCUT2D eigenvalue weighted by Gasteiger charge is 2.11. The van der Waals surface area contributed by atoms with Gasteiger partial charge in [-0.15, -0.1) is 0 Å². The van der Waals surface area contributed by atoms with E-state index in [2.05, 4.69) is 20.7 Å². The van der Waals surface area contributed by atoms with Gasteiger partial charge >= 0.3 is 0 Å². The van der Waals surface area contributed by atoms with Gasteiger partial charge in [-0.2, -0.15) is 10.2 Å². The second kappa shape index (κ2) is 10.1. The molecule has 166 valence electrons. The molecule has 0 fully saturated rings. The highest BCUT2D eigenvalue weighted by molar-refractivity contribution is 5.94. The van der Waals surface area contributed by atoms with E-state index in [4.69, 9.17) is 9.47 Å². The first kappa shape index (κ1) is 21.6. The molecule has 4 rings (SSSR count). The number of ether oxygens (including phenoxy) is 2. The Labute approximate surface area is 190 Å². The van der Waals surface area contributed by atoms with Crippen molar-refractivity contribution in [2.24, 2.45) is 5.10 Å². The van der Waals surface area contributed by atoms with Gasteiger partial charge in [-0.1, -0.05) is 36.4 Å². The minimum absolute atomic E-state index is 0.0574. The summed E-state index contributed by atoms with van der Waals surface area (Å²) in [5.74, 6) is 0.541. The fourth-order valence-corrected chi connectivity index (χ4v) is 3.08. The van der Waals surface area contributed by atoms with Crippen LogP contribution in [-0.2, 0) is 6.61 Å². The Kier molecular flexibility index (Phi) is 6.65. The average Bonchev–Trinajstić information content (AvgIpc) is 3.35. The molecule has 0 aliphatic heterocycles. The van der Waals surface area contributed by atoms with Crippen molar-refractivity contribution < 1.29 is 19.4 Å². The van der Waals surface area contributed by atoms with E-state index in [1.54, 1.807) is 24.3 Å². The maximum atomic E-state index is 12.4. The van der Waals surface area contributed by atoms with Gasteiger partial charge in [0.1, 0.15) is 18.1 Å². The second-order valence-corrected chi connectivity index (χ2v) is 7.06. The van der Waals surface area contributed by atoms with Crippen LogP contribution < -0.4 is 14.9 Å². The molecule has 0 spiro atoms. The molecule has 0 bridgehead atoms. The van der Waals surface area contributed by atoms with Crippen molar-refractivity contribution in [1.82, 2.24) is 15.6 Å². The van der Waals surface area contributed by atoms with Crippen LogP contribution in [0.4, 0.5) is 0 Å². The van der Waals surface area contributed by atoms with Crippen LogP contribution in [0.2, 0.25) is 0 Å². The molecule has 0 radical (unpaired) electrons. The van der Waals surface area contributed by atoms with E-state index in [9.17, 15) is 9.90 Å². The Balaban J connectivity index is 1.35. The lowest BCUT2D eigenvalue weighted by Crippen LogP contribution is -2.18. The molecule has 1 aromatic heterocycles. The highest BCUT2D eigenvalue weighted by Crippen LogP contribution is 2.28. The van der Waals surface area contributed by atoms with Gasteiger partial charge in [0.2, 0.25) is 0 Å². The second-order valence-electron chi connectivity index (χ2n) is 7.06. The number of carbonyl (C=O) groups excluding carboxylic acids is 1. The topological polar surface area (TPSA) is 109 Å². The fourth-order valence-electron chi connectivity index (χ4n) is 3.08. The minimum atomic E-state index is -0.463. The van der Waals surface area contributed by atoms with Gasteiger partial charge in [0.05, 0.1) is 19.0 Å². The van der Waals surface area contributed by atoms with Crippen LogP contribution in [0.15, 0.2) is 84.0 Å². The van der Waals surface area contributed by atoms with Crippen LogP contribution in [-0.4, -0.2) is 34.5 Å². The molecule has 8 nitrogen and oxygen atoms in total. The molecule has 4 aromatic rings. The Morgan fingerprint density at radius 2 is 1.88 bits per heavy atom. The van der Waals surface area contributed by atoms with Crippen molar-refractivity contribution >= 4 is 12.1 Å². The first-order chi connectivity index (χ1) is 16.1. The molecule has 1 heterocycles. The maximum Gasteiger partial charge on any atom is 0.289 e. The van der Waals surface area contributed by atoms with E-state index < -0.39 is 5.91 Å². The number of hydrogen-bond donors (Lipinski definition) is 3. The number of amides is 1. The summed E-state index contributed by atoms with van der Waals surface area (Å²) in [4.78, 5) is 12.4. The molecule has 0 saturated carbocycles. The van der Waals surface area contributed by atoms with Gasteiger partial charge in [-0.3, -0.25) is 9.89 Å². The number of carbonyl (C=O) groups is 1. The number of phenols is 1. The molecule has 0 aliphatic carbocycles. The van der Waals surface area contributed by atoms with Gasteiger partial charge in [0.15, 0.2) is 11.5 Å². The molecule has 0 atom stereocenters. The Morgan fingerprint density at radius 3 is 2.64 bits per heavy atom. The third-order valence-electron chi connectivity index (χ3n) is 4.84. The Hall–Kier alpha value is -4.59. The molecule has 1 amide bonds. The van der Waals surface area contributed by atoms with Crippen LogP contribution in [0.1, 0.15) is 21.6 Å². The summed E-state index contributed by atoms with van der Waals surface area (Å²) in [5.41, 5.74) is 5.61. The summed E-state index contributed by atoms with van der Waals surface area (Å²) in [6.45, 7) is 0.487. The predicted molar refractivity (Wildman–Crippen MR) is 125 cm³/mol. The first-order valence-corrected chi connectivity index (χ1v) is 10.2. The number of para-hydroxylation sites is 1. The fraction of sp³-hybridized carbons (Fsp3) is 0.0800. The smallest absolute Gasteiger partial charge is 0.289 e. The van der Waals surface area contributed by atoms with Crippen molar-refractivity contribution in [3.8, 4) is 28.5 Å². The van der Waals surface area contributed by atoms with Gasteiger partial charge < -0.3 is 14.6 Å². The zero-order valence-corrected chi connectivity index (χ0v) is 17.9. The van der Waals surface area contributed by atoms with E-state index in [-0.39, 0.29) is 11.4 Å². The zero-order chi connectivity index (χ0) is 23.0. The van der Waals surface area contributed by atoms with Gasteiger partial charge in [0.25, 0.3) is 5.91 Å². The molecular formula is C25H22N4O4.